The van der Waals surface area contributed by atoms with Crippen LogP contribution in [0.25, 0.3) is 0 Å². The highest BCUT2D eigenvalue weighted by Gasteiger charge is 2.08. The normalized spacial score (nSPS) is 10.7. The molecule has 0 saturated heterocycles. The Kier molecular flexibility index (Phi) is 2.87. The fourth-order valence-electron chi connectivity index (χ4n) is 1.45. The molecule has 0 fully saturated rings. The average Bonchev–Trinajstić information content (AvgIpc) is 2.50. The molecule has 0 unspecified atom stereocenters. The first-order valence-corrected chi connectivity index (χ1v) is 5.78. The Hall–Kier alpha value is -1.49. The minimum atomic E-state index is 0.712. The summed E-state index contributed by atoms with van der Waals surface area (Å²) in [6.45, 7) is 3.95. The number of hydrogen-bond acceptors (Lipinski definition) is 4. The van der Waals surface area contributed by atoms with Gasteiger partial charge in [0.2, 0.25) is 0 Å². The Morgan fingerprint density at radius 2 is 2.06 bits per heavy atom. The molecular weight excluding hydrogens is 220 g/mol. The van der Waals surface area contributed by atoms with E-state index in [4.69, 9.17) is 5.73 Å². The maximum Gasteiger partial charge on any atom is 0.125 e. The van der Waals surface area contributed by atoms with Gasteiger partial charge in [-0.2, -0.15) is 5.10 Å². The molecule has 0 atom stereocenters. The molecule has 0 spiro atoms. The molecule has 2 heterocycles. The van der Waals surface area contributed by atoms with Crippen molar-refractivity contribution in [1.82, 2.24) is 14.8 Å². The third-order valence-electron chi connectivity index (χ3n) is 2.18. The monoisotopic (exact) mass is 234 g/mol. The zero-order valence-electron chi connectivity index (χ0n) is 9.56. The quantitative estimate of drug-likeness (QED) is 0.865. The Bertz CT molecular complexity index is 519. The minimum absolute atomic E-state index is 0.712. The molecule has 0 bridgehead atoms. The van der Waals surface area contributed by atoms with Gasteiger partial charge < -0.3 is 5.73 Å². The van der Waals surface area contributed by atoms with Crippen molar-refractivity contribution in [3.05, 3.63) is 29.6 Å². The van der Waals surface area contributed by atoms with Crippen LogP contribution in [0.3, 0.4) is 0 Å². The van der Waals surface area contributed by atoms with Crippen LogP contribution in [0.15, 0.2) is 28.4 Å². The number of rotatable bonds is 2. The van der Waals surface area contributed by atoms with E-state index in [0.717, 1.165) is 21.3 Å². The van der Waals surface area contributed by atoms with Crippen LogP contribution < -0.4 is 5.73 Å². The number of nitrogens with zero attached hydrogens (tertiary/aromatic N) is 3. The van der Waals surface area contributed by atoms with E-state index in [2.05, 4.69) is 10.1 Å². The lowest BCUT2D eigenvalue weighted by Crippen LogP contribution is -1.96. The second-order valence-corrected chi connectivity index (χ2v) is 4.77. The lowest BCUT2D eigenvalue weighted by atomic mass is 10.3. The van der Waals surface area contributed by atoms with E-state index in [0.29, 0.717) is 5.69 Å². The van der Waals surface area contributed by atoms with Gasteiger partial charge in [0, 0.05) is 13.2 Å². The first-order chi connectivity index (χ1) is 7.56. The minimum Gasteiger partial charge on any atom is -0.397 e. The van der Waals surface area contributed by atoms with Crippen LogP contribution in [0.1, 0.15) is 11.3 Å². The number of nitrogens with two attached hydrogens (primary N) is 1. The zero-order chi connectivity index (χ0) is 11.7. The van der Waals surface area contributed by atoms with Gasteiger partial charge in [0.25, 0.3) is 0 Å². The van der Waals surface area contributed by atoms with Crippen LogP contribution in [0.2, 0.25) is 0 Å². The van der Waals surface area contributed by atoms with Gasteiger partial charge >= 0.3 is 0 Å². The molecule has 16 heavy (non-hydrogen) atoms. The summed E-state index contributed by atoms with van der Waals surface area (Å²) in [4.78, 5) is 4.32. The molecule has 2 rings (SSSR count). The van der Waals surface area contributed by atoms with Crippen LogP contribution in [0, 0.1) is 13.8 Å². The molecule has 0 aromatic carbocycles. The van der Waals surface area contributed by atoms with Crippen molar-refractivity contribution < 1.29 is 0 Å². The molecule has 0 aliphatic rings. The Balaban J connectivity index is 2.30. The molecule has 0 radical (unpaired) electrons. The van der Waals surface area contributed by atoms with E-state index in [1.807, 2.05) is 43.9 Å². The molecule has 84 valence electrons. The van der Waals surface area contributed by atoms with Crippen molar-refractivity contribution in [2.45, 2.75) is 23.9 Å². The summed E-state index contributed by atoms with van der Waals surface area (Å²) in [7, 11) is 1.92. The van der Waals surface area contributed by atoms with Crippen LogP contribution in [0.5, 0.6) is 0 Å². The molecule has 4 nitrogen and oxygen atoms in total. The summed E-state index contributed by atoms with van der Waals surface area (Å²) in [6, 6.07) is 3.95. The third kappa shape index (κ3) is 2.19. The molecular formula is C11H14N4S. The highest BCUT2D eigenvalue weighted by atomic mass is 32.2. The predicted molar refractivity (Wildman–Crippen MR) is 65.5 cm³/mol. The SMILES string of the molecule is Cc1cnc(Sc2cc(C)nn2C)c(N)c1. The fourth-order valence-corrected chi connectivity index (χ4v) is 2.33. The zero-order valence-corrected chi connectivity index (χ0v) is 10.4. The highest BCUT2D eigenvalue weighted by Crippen LogP contribution is 2.30. The molecule has 0 saturated carbocycles. The fraction of sp³-hybridized carbons (Fsp3) is 0.273. The summed E-state index contributed by atoms with van der Waals surface area (Å²) in [5, 5.41) is 6.15. The van der Waals surface area contributed by atoms with Crippen molar-refractivity contribution in [2.24, 2.45) is 7.05 Å². The van der Waals surface area contributed by atoms with Gasteiger partial charge in [0.1, 0.15) is 10.1 Å². The summed E-state index contributed by atoms with van der Waals surface area (Å²) in [5.74, 6) is 0. The Morgan fingerprint density at radius 1 is 1.31 bits per heavy atom. The van der Waals surface area contributed by atoms with Gasteiger partial charge in [-0.1, -0.05) is 0 Å². The van der Waals surface area contributed by atoms with Crippen molar-refractivity contribution >= 4 is 17.4 Å². The van der Waals surface area contributed by atoms with Crippen molar-refractivity contribution in [2.75, 3.05) is 5.73 Å². The second kappa shape index (κ2) is 4.17. The summed E-state index contributed by atoms with van der Waals surface area (Å²) < 4.78 is 1.83. The lowest BCUT2D eigenvalue weighted by Gasteiger charge is -2.04. The molecule has 5 heteroatoms. The van der Waals surface area contributed by atoms with Gasteiger partial charge in [-0.05, 0) is 43.3 Å². The van der Waals surface area contributed by atoms with E-state index in [1.54, 1.807) is 0 Å². The predicted octanol–water partition coefficient (Wildman–Crippen LogP) is 2.17. The second-order valence-electron chi connectivity index (χ2n) is 3.76. The smallest absolute Gasteiger partial charge is 0.125 e. The number of hydrogen-bond donors (Lipinski definition) is 1. The number of nitrogen functional groups attached to an aromatic ring is 1. The van der Waals surface area contributed by atoms with Crippen molar-refractivity contribution in [3.63, 3.8) is 0 Å². The van der Waals surface area contributed by atoms with E-state index in [1.165, 1.54) is 11.8 Å². The van der Waals surface area contributed by atoms with Crippen LogP contribution in [-0.2, 0) is 7.05 Å². The van der Waals surface area contributed by atoms with E-state index >= 15 is 0 Å². The van der Waals surface area contributed by atoms with E-state index in [-0.39, 0.29) is 0 Å². The van der Waals surface area contributed by atoms with Crippen molar-refractivity contribution in [1.29, 1.82) is 0 Å². The summed E-state index contributed by atoms with van der Waals surface area (Å²) >= 11 is 1.53. The molecule has 0 amide bonds. The highest BCUT2D eigenvalue weighted by molar-refractivity contribution is 7.99. The van der Waals surface area contributed by atoms with Gasteiger partial charge in [-0.15, -0.1) is 0 Å². The van der Waals surface area contributed by atoms with Gasteiger partial charge in [0.15, 0.2) is 0 Å². The first kappa shape index (κ1) is 11.0. The number of aromatic nitrogens is 3. The number of pyridine rings is 1. The summed E-state index contributed by atoms with van der Waals surface area (Å²) in [5.41, 5.74) is 8.69. The summed E-state index contributed by atoms with van der Waals surface area (Å²) in [6.07, 6.45) is 1.82. The largest absolute Gasteiger partial charge is 0.397 e. The van der Waals surface area contributed by atoms with Crippen molar-refractivity contribution in [3.8, 4) is 0 Å². The van der Waals surface area contributed by atoms with Crippen LogP contribution in [0.4, 0.5) is 5.69 Å². The van der Waals surface area contributed by atoms with Gasteiger partial charge in [-0.25, -0.2) is 4.98 Å². The molecule has 2 N–H and O–H groups in total. The van der Waals surface area contributed by atoms with Gasteiger partial charge in [0.05, 0.1) is 11.4 Å². The van der Waals surface area contributed by atoms with E-state index < -0.39 is 0 Å². The van der Waals surface area contributed by atoms with Crippen LogP contribution in [-0.4, -0.2) is 14.8 Å². The molecule has 2 aromatic rings. The van der Waals surface area contributed by atoms with E-state index in [9.17, 15) is 0 Å². The maximum absolute atomic E-state index is 5.91. The topological polar surface area (TPSA) is 56.7 Å². The number of aryl methyl sites for hydroxylation is 3. The average molecular weight is 234 g/mol. The van der Waals surface area contributed by atoms with Gasteiger partial charge in [-0.3, -0.25) is 4.68 Å². The standard InChI is InChI=1S/C11H14N4S/c1-7-4-9(12)11(13-6-7)16-10-5-8(2)14-15(10)3/h4-6H,12H2,1-3H3. The maximum atomic E-state index is 5.91. The number of anilines is 1. The Morgan fingerprint density at radius 3 is 2.62 bits per heavy atom. The third-order valence-corrected chi connectivity index (χ3v) is 3.30. The first-order valence-electron chi connectivity index (χ1n) is 4.97. The molecule has 2 aromatic heterocycles. The molecule has 0 aliphatic carbocycles. The Labute approximate surface area is 98.9 Å². The van der Waals surface area contributed by atoms with Crippen LogP contribution >= 0.6 is 11.8 Å². The lowest BCUT2D eigenvalue weighted by molar-refractivity contribution is 0.692. The molecule has 0 aliphatic heterocycles.